The third kappa shape index (κ3) is 4.27. The van der Waals surface area contributed by atoms with Gasteiger partial charge in [-0.2, -0.15) is 5.26 Å². The summed E-state index contributed by atoms with van der Waals surface area (Å²) in [5.74, 6) is -0.0996. The smallest absolute Gasteiger partial charge is 0.189 e. The van der Waals surface area contributed by atoms with E-state index in [-0.39, 0.29) is 5.78 Å². The van der Waals surface area contributed by atoms with Crippen LogP contribution in [0.15, 0.2) is 89.4 Å². The highest BCUT2D eigenvalue weighted by Gasteiger charge is 2.10. The fourth-order valence-electron chi connectivity index (χ4n) is 2.46. The minimum Gasteiger partial charge on any atom is -0.355 e. The minimum atomic E-state index is -0.0996. The fourth-order valence-corrected chi connectivity index (χ4v) is 2.94. The molecule has 0 heterocycles. The average molecular weight is 403 g/mol. The molecule has 0 fully saturated rings. The molecule has 1 N–H and O–H groups in total. The monoisotopic (exact) mass is 402 g/mol. The summed E-state index contributed by atoms with van der Waals surface area (Å²) in [6.07, 6.45) is 1.59. The Kier molecular flexibility index (Phi) is 5.62. The van der Waals surface area contributed by atoms with Gasteiger partial charge in [0.05, 0.1) is 11.6 Å². The number of benzene rings is 3. The van der Waals surface area contributed by atoms with Crippen LogP contribution in [0.5, 0.6) is 0 Å². The molecular weight excluding hydrogens is 388 g/mol. The summed E-state index contributed by atoms with van der Waals surface area (Å²) in [5.41, 5.74) is 3.58. The summed E-state index contributed by atoms with van der Waals surface area (Å²) < 4.78 is 0.757. The van der Waals surface area contributed by atoms with Crippen molar-refractivity contribution in [2.24, 2.45) is 0 Å². The van der Waals surface area contributed by atoms with Crippen molar-refractivity contribution in [3.8, 4) is 6.07 Å². The van der Waals surface area contributed by atoms with Gasteiger partial charge in [0.15, 0.2) is 5.78 Å². The molecule has 3 nitrogen and oxygen atoms in total. The van der Waals surface area contributed by atoms with Crippen molar-refractivity contribution in [3.63, 3.8) is 0 Å². The summed E-state index contributed by atoms with van der Waals surface area (Å²) in [6.45, 7) is 0. The topological polar surface area (TPSA) is 52.9 Å². The number of nitrogens with zero attached hydrogens (tertiary/aromatic N) is 1. The molecule has 126 valence electrons. The van der Waals surface area contributed by atoms with Crippen LogP contribution >= 0.6 is 15.9 Å². The molecule has 26 heavy (non-hydrogen) atoms. The second-order valence-corrected chi connectivity index (χ2v) is 6.44. The molecule has 0 amide bonds. The van der Waals surface area contributed by atoms with E-state index < -0.39 is 0 Å². The number of anilines is 1. The van der Waals surface area contributed by atoms with E-state index in [9.17, 15) is 4.79 Å². The van der Waals surface area contributed by atoms with Crippen molar-refractivity contribution in [1.82, 2.24) is 0 Å². The van der Waals surface area contributed by atoms with Crippen molar-refractivity contribution in [2.45, 2.75) is 0 Å². The van der Waals surface area contributed by atoms with Gasteiger partial charge in [0.2, 0.25) is 0 Å². The van der Waals surface area contributed by atoms with E-state index in [1.54, 1.807) is 24.3 Å². The Morgan fingerprint density at radius 1 is 0.923 bits per heavy atom. The Hall–Kier alpha value is -3.16. The van der Waals surface area contributed by atoms with Gasteiger partial charge < -0.3 is 5.32 Å². The lowest BCUT2D eigenvalue weighted by molar-refractivity contribution is 0.104. The molecule has 0 saturated heterocycles. The molecule has 3 rings (SSSR count). The largest absolute Gasteiger partial charge is 0.355 e. The predicted molar refractivity (Wildman–Crippen MR) is 108 cm³/mol. The number of allylic oxidation sites excluding steroid dienone is 1. The van der Waals surface area contributed by atoms with Crippen molar-refractivity contribution >= 4 is 33.1 Å². The summed E-state index contributed by atoms with van der Waals surface area (Å²) in [4.78, 5) is 12.8. The average Bonchev–Trinajstić information content (AvgIpc) is 2.69. The van der Waals surface area contributed by atoms with Gasteiger partial charge in [0, 0.05) is 27.5 Å². The molecule has 3 aromatic carbocycles. The third-order valence-corrected chi connectivity index (χ3v) is 4.48. The molecule has 4 heteroatoms. The standard InChI is InChI=1S/C22H15BrN2O/c23-20-9-5-4-8-19(20)22(26)14-21(17-6-2-1-3-7-17)25-18-12-10-16(15-24)11-13-18/h1-14,25H/b21-14+. The minimum absolute atomic E-state index is 0.0996. The Morgan fingerprint density at radius 3 is 2.23 bits per heavy atom. The molecular formula is C22H15BrN2O. The lowest BCUT2D eigenvalue weighted by Crippen LogP contribution is -2.04. The van der Waals surface area contributed by atoms with Gasteiger partial charge in [-0.1, -0.05) is 58.4 Å². The maximum Gasteiger partial charge on any atom is 0.189 e. The van der Waals surface area contributed by atoms with Gasteiger partial charge >= 0.3 is 0 Å². The van der Waals surface area contributed by atoms with E-state index >= 15 is 0 Å². The lowest BCUT2D eigenvalue weighted by atomic mass is 10.1. The molecule has 0 unspecified atom stereocenters. The summed E-state index contributed by atoms with van der Waals surface area (Å²) in [5, 5.41) is 12.2. The normalized spacial score (nSPS) is 10.8. The molecule has 0 atom stereocenters. The van der Waals surface area contributed by atoms with Crippen LogP contribution in [0.3, 0.4) is 0 Å². The zero-order valence-electron chi connectivity index (χ0n) is 13.8. The molecule has 0 saturated carbocycles. The molecule has 3 aromatic rings. The zero-order chi connectivity index (χ0) is 18.4. The molecule has 0 aromatic heterocycles. The number of hydrogen-bond acceptors (Lipinski definition) is 3. The number of rotatable bonds is 5. The highest BCUT2D eigenvalue weighted by molar-refractivity contribution is 9.10. The van der Waals surface area contributed by atoms with Gasteiger partial charge in [0.1, 0.15) is 0 Å². The van der Waals surface area contributed by atoms with Crippen LogP contribution in [0, 0.1) is 11.3 Å². The summed E-state index contributed by atoms with van der Waals surface area (Å²) in [7, 11) is 0. The Morgan fingerprint density at radius 2 is 1.58 bits per heavy atom. The van der Waals surface area contributed by atoms with Crippen LogP contribution in [-0.2, 0) is 0 Å². The third-order valence-electron chi connectivity index (χ3n) is 3.79. The van der Waals surface area contributed by atoms with Crippen molar-refractivity contribution in [1.29, 1.82) is 5.26 Å². The SMILES string of the molecule is N#Cc1ccc(N/C(=C/C(=O)c2ccccc2Br)c2ccccc2)cc1. The summed E-state index contributed by atoms with van der Waals surface area (Å²) >= 11 is 3.42. The number of nitriles is 1. The van der Waals surface area contributed by atoms with Gasteiger partial charge in [-0.3, -0.25) is 4.79 Å². The van der Waals surface area contributed by atoms with Crippen LogP contribution in [0.2, 0.25) is 0 Å². The number of ketones is 1. The molecule has 0 spiro atoms. The molecule has 0 aliphatic rings. The number of halogens is 1. The number of nitrogens with one attached hydrogen (secondary N) is 1. The van der Waals surface area contributed by atoms with Crippen molar-refractivity contribution < 1.29 is 4.79 Å². The Balaban J connectivity index is 1.97. The van der Waals surface area contributed by atoms with Crippen LogP contribution in [-0.4, -0.2) is 5.78 Å². The molecule has 0 aliphatic carbocycles. The van der Waals surface area contributed by atoms with Crippen LogP contribution in [0.1, 0.15) is 21.5 Å². The quantitative estimate of drug-likeness (QED) is 0.442. The number of carbonyl (C=O) groups excluding carboxylic acids is 1. The van der Waals surface area contributed by atoms with Gasteiger partial charge in [-0.15, -0.1) is 0 Å². The zero-order valence-corrected chi connectivity index (χ0v) is 15.4. The number of carbonyl (C=O) groups is 1. The first-order chi connectivity index (χ1) is 12.7. The maximum absolute atomic E-state index is 12.8. The van der Waals surface area contributed by atoms with E-state index in [1.165, 1.54) is 0 Å². The maximum atomic E-state index is 12.8. The van der Waals surface area contributed by atoms with Gasteiger partial charge in [0.25, 0.3) is 0 Å². The predicted octanol–water partition coefficient (Wildman–Crippen LogP) is 5.66. The van der Waals surface area contributed by atoms with Crippen LogP contribution in [0.25, 0.3) is 5.70 Å². The van der Waals surface area contributed by atoms with E-state index in [0.29, 0.717) is 16.8 Å². The van der Waals surface area contributed by atoms with E-state index in [4.69, 9.17) is 5.26 Å². The van der Waals surface area contributed by atoms with Crippen LogP contribution in [0.4, 0.5) is 5.69 Å². The van der Waals surface area contributed by atoms with Crippen LogP contribution < -0.4 is 5.32 Å². The van der Waals surface area contributed by atoms with Crippen molar-refractivity contribution in [2.75, 3.05) is 5.32 Å². The molecule has 0 bridgehead atoms. The van der Waals surface area contributed by atoms with E-state index in [0.717, 1.165) is 15.7 Å². The second kappa shape index (κ2) is 8.28. The van der Waals surface area contributed by atoms with E-state index in [1.807, 2.05) is 60.7 Å². The fraction of sp³-hybridized carbons (Fsp3) is 0. The highest BCUT2D eigenvalue weighted by Crippen LogP contribution is 2.22. The number of hydrogen-bond donors (Lipinski definition) is 1. The first kappa shape index (κ1) is 17.7. The first-order valence-corrected chi connectivity index (χ1v) is 8.80. The Labute approximate surface area is 160 Å². The molecule has 0 radical (unpaired) electrons. The lowest BCUT2D eigenvalue weighted by Gasteiger charge is -2.12. The molecule has 0 aliphatic heterocycles. The van der Waals surface area contributed by atoms with E-state index in [2.05, 4.69) is 27.3 Å². The Bertz CT molecular complexity index is 987. The summed E-state index contributed by atoms with van der Waals surface area (Å²) in [6, 6.07) is 26.2. The highest BCUT2D eigenvalue weighted by atomic mass is 79.9. The second-order valence-electron chi connectivity index (χ2n) is 5.58. The first-order valence-electron chi connectivity index (χ1n) is 8.00. The van der Waals surface area contributed by atoms with Crippen molar-refractivity contribution in [3.05, 3.63) is 106 Å². The van der Waals surface area contributed by atoms with Gasteiger partial charge in [-0.05, 0) is 42.0 Å². The van der Waals surface area contributed by atoms with Gasteiger partial charge in [-0.25, -0.2) is 0 Å².